The Hall–Kier alpha value is -3.08. The van der Waals surface area contributed by atoms with Crippen LogP contribution in [-0.2, 0) is 28.7 Å². The highest BCUT2D eigenvalue weighted by atomic mass is 19.4. The molecule has 5 nitrogen and oxygen atoms in total. The van der Waals surface area contributed by atoms with Crippen LogP contribution in [0.15, 0.2) is 36.4 Å². The second-order valence-electron chi connectivity index (χ2n) is 7.81. The fraction of sp³-hybridized carbons (Fsp3) is 0.364. The van der Waals surface area contributed by atoms with E-state index < -0.39 is 47.0 Å². The van der Waals surface area contributed by atoms with Gasteiger partial charge in [-0.15, -0.1) is 0 Å². The summed E-state index contributed by atoms with van der Waals surface area (Å²) in [7, 11) is 0. The molecule has 1 saturated heterocycles. The summed E-state index contributed by atoms with van der Waals surface area (Å²) in [6.45, 7) is -0.459. The van der Waals surface area contributed by atoms with Crippen molar-refractivity contribution in [1.29, 1.82) is 0 Å². The van der Waals surface area contributed by atoms with E-state index >= 15 is 0 Å². The van der Waals surface area contributed by atoms with E-state index in [2.05, 4.69) is 0 Å². The third-order valence-electron chi connectivity index (χ3n) is 5.36. The number of alkyl halides is 3. The number of nitrogens with two attached hydrogens (primary N) is 1. The fourth-order valence-corrected chi connectivity index (χ4v) is 3.66. The Balaban J connectivity index is 1.57. The number of nitrogens with zero attached hydrogens (tertiary/aromatic N) is 2. The van der Waals surface area contributed by atoms with Gasteiger partial charge in [-0.25, -0.2) is 13.2 Å². The number of benzene rings is 2. The molecule has 0 saturated carbocycles. The first-order chi connectivity index (χ1) is 15.5. The molecule has 11 heteroatoms. The van der Waals surface area contributed by atoms with Crippen LogP contribution in [0.2, 0.25) is 0 Å². The largest absolute Gasteiger partial charge is 0.416 e. The molecule has 1 atom stereocenters. The van der Waals surface area contributed by atoms with Crippen molar-refractivity contribution in [3.63, 3.8) is 0 Å². The Bertz CT molecular complexity index is 1040. The molecule has 1 fully saturated rings. The van der Waals surface area contributed by atoms with Crippen LogP contribution in [0.3, 0.4) is 0 Å². The minimum Gasteiger partial charge on any atom is -0.335 e. The normalized spacial score (nSPS) is 15.7. The van der Waals surface area contributed by atoms with Gasteiger partial charge in [0, 0.05) is 38.2 Å². The van der Waals surface area contributed by atoms with Crippen LogP contribution in [0.5, 0.6) is 0 Å². The minimum absolute atomic E-state index is 0.0316. The van der Waals surface area contributed by atoms with Gasteiger partial charge in [0.15, 0.2) is 11.6 Å². The molecule has 0 spiro atoms. The third kappa shape index (κ3) is 6.04. The molecule has 2 aromatic rings. The van der Waals surface area contributed by atoms with Gasteiger partial charge in [0.25, 0.3) is 0 Å². The maximum atomic E-state index is 13.8. The maximum Gasteiger partial charge on any atom is 0.416 e. The van der Waals surface area contributed by atoms with Crippen LogP contribution in [0.25, 0.3) is 0 Å². The quantitative estimate of drug-likeness (QED) is 0.518. The Kier molecular flexibility index (Phi) is 7.31. The summed E-state index contributed by atoms with van der Waals surface area (Å²) in [5, 5.41) is 0. The van der Waals surface area contributed by atoms with E-state index in [1.807, 2.05) is 0 Å². The number of hydrogen-bond acceptors (Lipinski definition) is 3. The molecule has 2 amide bonds. The summed E-state index contributed by atoms with van der Waals surface area (Å²) in [5.41, 5.74) is 4.80. The van der Waals surface area contributed by atoms with E-state index in [1.165, 1.54) is 28.0 Å². The Morgan fingerprint density at radius 3 is 2.33 bits per heavy atom. The summed E-state index contributed by atoms with van der Waals surface area (Å²) in [6, 6.07) is 5.11. The maximum absolute atomic E-state index is 13.8. The summed E-state index contributed by atoms with van der Waals surface area (Å²) in [5.74, 6) is -4.59. The van der Waals surface area contributed by atoms with E-state index in [1.54, 1.807) is 0 Å². The van der Waals surface area contributed by atoms with Crippen molar-refractivity contribution in [1.82, 2.24) is 9.80 Å². The van der Waals surface area contributed by atoms with Crippen LogP contribution in [0, 0.1) is 17.5 Å². The molecule has 0 radical (unpaired) electrons. The van der Waals surface area contributed by atoms with Crippen molar-refractivity contribution in [2.45, 2.75) is 31.6 Å². The second kappa shape index (κ2) is 9.82. The van der Waals surface area contributed by atoms with Gasteiger partial charge < -0.3 is 15.5 Å². The van der Waals surface area contributed by atoms with Gasteiger partial charge in [0.1, 0.15) is 5.82 Å². The zero-order valence-corrected chi connectivity index (χ0v) is 17.3. The van der Waals surface area contributed by atoms with Crippen LogP contribution in [-0.4, -0.2) is 47.3 Å². The van der Waals surface area contributed by atoms with Crippen LogP contribution < -0.4 is 5.73 Å². The predicted octanol–water partition coefficient (Wildman–Crippen LogP) is 3.25. The van der Waals surface area contributed by atoms with Crippen molar-refractivity contribution in [3.8, 4) is 0 Å². The number of piperazine rings is 1. The highest BCUT2D eigenvalue weighted by molar-refractivity contribution is 5.86. The number of halogens is 6. The molecule has 178 valence electrons. The van der Waals surface area contributed by atoms with Crippen molar-refractivity contribution < 1.29 is 35.9 Å². The first-order valence-corrected chi connectivity index (χ1v) is 10.1. The van der Waals surface area contributed by atoms with Gasteiger partial charge in [-0.1, -0.05) is 18.2 Å². The van der Waals surface area contributed by atoms with Gasteiger partial charge in [-0.2, -0.15) is 13.2 Å². The smallest absolute Gasteiger partial charge is 0.335 e. The van der Waals surface area contributed by atoms with Gasteiger partial charge in [0.05, 0.1) is 12.1 Å². The SMILES string of the molecule is N[C@@H](CC(=O)N1CCN(Cc2ccccc2C(F)(F)F)C(=O)C1)Cc1cc(F)c(F)cc1F. The summed E-state index contributed by atoms with van der Waals surface area (Å²) >= 11 is 0. The molecule has 0 bridgehead atoms. The molecule has 1 aliphatic rings. The van der Waals surface area contributed by atoms with Gasteiger partial charge in [0.2, 0.25) is 11.8 Å². The lowest BCUT2D eigenvalue weighted by molar-refractivity contribution is -0.146. The fourth-order valence-electron chi connectivity index (χ4n) is 3.66. The number of rotatable bonds is 6. The standard InChI is InChI=1S/C22H21F6N3O2/c23-17-10-19(25)18(24)8-14(17)7-15(29)9-20(32)31-6-5-30(21(33)12-31)11-13-3-1-2-4-16(13)22(26,27)28/h1-4,8,10,15H,5-7,9,11-12,29H2/t15-/m1/s1. The molecule has 0 aliphatic carbocycles. The molecular weight excluding hydrogens is 452 g/mol. The molecule has 0 aromatic heterocycles. The summed E-state index contributed by atoms with van der Waals surface area (Å²) < 4.78 is 79.7. The van der Waals surface area contributed by atoms with Gasteiger partial charge in [-0.3, -0.25) is 9.59 Å². The Labute approximate surface area is 185 Å². The molecule has 33 heavy (non-hydrogen) atoms. The van der Waals surface area contributed by atoms with E-state index in [9.17, 15) is 35.9 Å². The van der Waals surface area contributed by atoms with Gasteiger partial charge >= 0.3 is 6.18 Å². The average molecular weight is 473 g/mol. The van der Waals surface area contributed by atoms with E-state index in [0.717, 1.165) is 6.07 Å². The Morgan fingerprint density at radius 1 is 1.00 bits per heavy atom. The third-order valence-corrected chi connectivity index (χ3v) is 5.36. The van der Waals surface area contributed by atoms with E-state index in [0.29, 0.717) is 12.1 Å². The van der Waals surface area contributed by atoms with Crippen LogP contribution >= 0.6 is 0 Å². The van der Waals surface area contributed by atoms with Crippen molar-refractivity contribution in [2.75, 3.05) is 19.6 Å². The van der Waals surface area contributed by atoms with Crippen molar-refractivity contribution in [3.05, 3.63) is 70.5 Å². The highest BCUT2D eigenvalue weighted by Crippen LogP contribution is 2.32. The lowest BCUT2D eigenvalue weighted by Crippen LogP contribution is -2.52. The predicted molar refractivity (Wildman–Crippen MR) is 106 cm³/mol. The topological polar surface area (TPSA) is 66.6 Å². The number of amides is 2. The first kappa shape index (κ1) is 24.6. The van der Waals surface area contributed by atoms with E-state index in [4.69, 9.17) is 5.73 Å². The molecule has 1 aliphatic heterocycles. The zero-order valence-electron chi connectivity index (χ0n) is 17.3. The second-order valence-corrected chi connectivity index (χ2v) is 7.81. The van der Waals surface area contributed by atoms with E-state index in [-0.39, 0.29) is 50.1 Å². The molecule has 0 unspecified atom stereocenters. The average Bonchev–Trinajstić information content (AvgIpc) is 2.73. The Morgan fingerprint density at radius 2 is 1.67 bits per heavy atom. The summed E-state index contributed by atoms with van der Waals surface area (Å²) in [6.07, 6.45) is -5.06. The number of hydrogen-bond donors (Lipinski definition) is 1. The lowest BCUT2D eigenvalue weighted by atomic mass is 10.0. The minimum atomic E-state index is -4.56. The van der Waals surface area contributed by atoms with Crippen molar-refractivity contribution >= 4 is 11.8 Å². The van der Waals surface area contributed by atoms with Crippen LogP contribution in [0.1, 0.15) is 23.1 Å². The molecule has 3 rings (SSSR count). The van der Waals surface area contributed by atoms with Crippen molar-refractivity contribution in [2.24, 2.45) is 5.73 Å². The molecule has 2 aromatic carbocycles. The first-order valence-electron chi connectivity index (χ1n) is 10.1. The summed E-state index contributed by atoms with van der Waals surface area (Å²) in [4.78, 5) is 27.4. The number of carbonyl (C=O) groups excluding carboxylic acids is 2. The highest BCUT2D eigenvalue weighted by Gasteiger charge is 2.35. The van der Waals surface area contributed by atoms with Crippen LogP contribution in [0.4, 0.5) is 26.3 Å². The molecule has 1 heterocycles. The molecular formula is C22H21F6N3O2. The lowest BCUT2D eigenvalue weighted by Gasteiger charge is -2.35. The van der Waals surface area contributed by atoms with Gasteiger partial charge in [-0.05, 0) is 29.7 Å². The zero-order chi connectivity index (χ0) is 24.3. The number of carbonyl (C=O) groups is 2. The monoisotopic (exact) mass is 473 g/mol. The molecule has 2 N–H and O–H groups in total.